The van der Waals surface area contributed by atoms with Crippen molar-refractivity contribution in [1.82, 2.24) is 15.0 Å². The molecule has 0 saturated heterocycles. The summed E-state index contributed by atoms with van der Waals surface area (Å²) in [5.41, 5.74) is 1.86. The Kier molecular flexibility index (Phi) is 2.53. The molecule has 1 heterocycles. The number of nitrogens with one attached hydrogen (secondary N) is 1. The van der Waals surface area contributed by atoms with E-state index in [1.807, 2.05) is 13.1 Å². The summed E-state index contributed by atoms with van der Waals surface area (Å²) in [4.78, 5) is 0. The third-order valence-corrected chi connectivity index (χ3v) is 2.13. The molecule has 0 aliphatic rings. The normalized spacial score (nSPS) is 10.2. The Balaban J connectivity index is 2.02. The zero-order valence-electron chi connectivity index (χ0n) is 8.38. The van der Waals surface area contributed by atoms with Crippen molar-refractivity contribution >= 4 is 5.69 Å². The van der Waals surface area contributed by atoms with Crippen LogP contribution < -0.4 is 5.32 Å². The van der Waals surface area contributed by atoms with Crippen molar-refractivity contribution < 1.29 is 5.11 Å². The predicted molar refractivity (Wildman–Crippen MR) is 56.4 cm³/mol. The zero-order valence-corrected chi connectivity index (χ0v) is 8.38. The molecule has 78 valence electrons. The molecule has 0 bridgehead atoms. The van der Waals surface area contributed by atoms with Crippen LogP contribution in [0.1, 0.15) is 5.69 Å². The average Bonchev–Trinajstić information content (AvgIpc) is 2.61. The first-order valence-corrected chi connectivity index (χ1v) is 4.62. The average molecular weight is 204 g/mol. The second-order valence-corrected chi connectivity index (χ2v) is 3.25. The van der Waals surface area contributed by atoms with Crippen LogP contribution in [0.2, 0.25) is 0 Å². The van der Waals surface area contributed by atoms with Gasteiger partial charge in [0.15, 0.2) is 0 Å². The van der Waals surface area contributed by atoms with Crippen LogP contribution in [0.4, 0.5) is 5.69 Å². The third-order valence-electron chi connectivity index (χ3n) is 2.13. The third kappa shape index (κ3) is 2.25. The van der Waals surface area contributed by atoms with E-state index in [4.69, 9.17) is 0 Å². The molecule has 0 unspecified atom stereocenters. The lowest BCUT2D eigenvalue weighted by Gasteiger charge is -2.05. The molecular weight excluding hydrogens is 192 g/mol. The Hall–Kier alpha value is -2.04. The Morgan fingerprint density at radius 2 is 2.33 bits per heavy atom. The molecule has 15 heavy (non-hydrogen) atoms. The van der Waals surface area contributed by atoms with E-state index in [0.717, 1.165) is 11.4 Å². The van der Waals surface area contributed by atoms with Crippen molar-refractivity contribution in [3.63, 3.8) is 0 Å². The lowest BCUT2D eigenvalue weighted by atomic mass is 10.3. The molecule has 0 aliphatic heterocycles. The minimum Gasteiger partial charge on any atom is -0.508 e. The number of hydrogen-bond donors (Lipinski definition) is 2. The summed E-state index contributed by atoms with van der Waals surface area (Å²) < 4.78 is 1.70. The highest BCUT2D eigenvalue weighted by molar-refractivity contribution is 5.47. The first-order valence-electron chi connectivity index (χ1n) is 4.62. The van der Waals surface area contributed by atoms with Crippen LogP contribution in [0.5, 0.6) is 5.75 Å². The van der Waals surface area contributed by atoms with Crippen LogP contribution in [-0.4, -0.2) is 20.1 Å². The number of aromatic hydroxyl groups is 1. The van der Waals surface area contributed by atoms with E-state index in [9.17, 15) is 5.11 Å². The monoisotopic (exact) mass is 204 g/mol. The SMILES string of the molecule is Cn1nncc1CNc1cccc(O)c1. The minimum atomic E-state index is 0.253. The van der Waals surface area contributed by atoms with Gasteiger partial charge >= 0.3 is 0 Å². The fourth-order valence-electron chi connectivity index (χ4n) is 1.28. The van der Waals surface area contributed by atoms with Gasteiger partial charge in [-0.3, -0.25) is 4.68 Å². The van der Waals surface area contributed by atoms with Gasteiger partial charge < -0.3 is 10.4 Å². The van der Waals surface area contributed by atoms with Crippen LogP contribution >= 0.6 is 0 Å². The number of benzene rings is 1. The highest BCUT2D eigenvalue weighted by Crippen LogP contribution is 2.15. The van der Waals surface area contributed by atoms with Crippen LogP contribution in [0, 0.1) is 0 Å². The number of nitrogens with zero attached hydrogens (tertiary/aromatic N) is 3. The maximum Gasteiger partial charge on any atom is 0.117 e. The predicted octanol–water partition coefficient (Wildman–Crippen LogP) is 1.13. The number of rotatable bonds is 3. The number of aromatic nitrogens is 3. The molecule has 0 amide bonds. The maximum absolute atomic E-state index is 9.25. The molecule has 1 aromatic carbocycles. The maximum atomic E-state index is 9.25. The minimum absolute atomic E-state index is 0.253. The van der Waals surface area contributed by atoms with Crippen LogP contribution in [0.3, 0.4) is 0 Å². The lowest BCUT2D eigenvalue weighted by Crippen LogP contribution is -2.05. The summed E-state index contributed by atoms with van der Waals surface area (Å²) in [7, 11) is 1.84. The molecule has 5 heteroatoms. The number of phenolic OH excluding ortho intramolecular Hbond substituents is 1. The second kappa shape index (κ2) is 4.00. The number of hydrogen-bond acceptors (Lipinski definition) is 4. The molecule has 0 radical (unpaired) electrons. The highest BCUT2D eigenvalue weighted by Gasteiger charge is 1.99. The topological polar surface area (TPSA) is 63.0 Å². The van der Waals surface area contributed by atoms with E-state index in [-0.39, 0.29) is 5.75 Å². The van der Waals surface area contributed by atoms with E-state index >= 15 is 0 Å². The van der Waals surface area contributed by atoms with Crippen molar-refractivity contribution in [3.05, 3.63) is 36.2 Å². The van der Waals surface area contributed by atoms with Crippen molar-refractivity contribution in [2.45, 2.75) is 6.54 Å². The Bertz CT molecular complexity index is 452. The molecule has 2 rings (SSSR count). The number of anilines is 1. The van der Waals surface area contributed by atoms with Gasteiger partial charge in [-0.2, -0.15) is 0 Å². The molecule has 1 aromatic heterocycles. The first kappa shape index (κ1) is 9.51. The second-order valence-electron chi connectivity index (χ2n) is 3.25. The Morgan fingerprint density at radius 3 is 3.00 bits per heavy atom. The standard InChI is InChI=1S/C10H12N4O/c1-14-9(7-12-13-14)6-11-8-3-2-4-10(15)5-8/h2-5,7,11,15H,6H2,1H3. The van der Waals surface area contributed by atoms with Crippen LogP contribution in [-0.2, 0) is 13.6 Å². The van der Waals surface area contributed by atoms with E-state index in [1.165, 1.54) is 0 Å². The molecule has 0 atom stereocenters. The van der Waals surface area contributed by atoms with Gasteiger partial charge in [-0.25, -0.2) is 0 Å². The first-order chi connectivity index (χ1) is 7.25. The van der Waals surface area contributed by atoms with E-state index in [2.05, 4.69) is 15.6 Å². The summed E-state index contributed by atoms with van der Waals surface area (Å²) in [6.07, 6.45) is 1.70. The molecule has 2 N–H and O–H groups in total. The fraction of sp³-hybridized carbons (Fsp3) is 0.200. The summed E-state index contributed by atoms with van der Waals surface area (Å²) in [6, 6.07) is 6.99. The summed E-state index contributed by atoms with van der Waals surface area (Å²) in [5, 5.41) is 20.0. The molecule has 5 nitrogen and oxygen atoms in total. The van der Waals surface area contributed by atoms with Gasteiger partial charge in [0.25, 0.3) is 0 Å². The van der Waals surface area contributed by atoms with Crippen molar-refractivity contribution in [2.24, 2.45) is 7.05 Å². The Labute approximate surface area is 87.4 Å². The number of phenols is 1. The van der Waals surface area contributed by atoms with Crippen molar-refractivity contribution in [3.8, 4) is 5.75 Å². The van der Waals surface area contributed by atoms with E-state index in [1.54, 1.807) is 29.1 Å². The van der Waals surface area contributed by atoms with Crippen molar-refractivity contribution in [2.75, 3.05) is 5.32 Å². The summed E-state index contributed by atoms with van der Waals surface area (Å²) in [5.74, 6) is 0.253. The highest BCUT2D eigenvalue weighted by atomic mass is 16.3. The lowest BCUT2D eigenvalue weighted by molar-refractivity contribution is 0.475. The van der Waals surface area contributed by atoms with Crippen molar-refractivity contribution in [1.29, 1.82) is 0 Å². The largest absolute Gasteiger partial charge is 0.508 e. The summed E-state index contributed by atoms with van der Waals surface area (Å²) >= 11 is 0. The van der Waals surface area contributed by atoms with E-state index in [0.29, 0.717) is 6.54 Å². The van der Waals surface area contributed by atoms with Crippen LogP contribution in [0.15, 0.2) is 30.5 Å². The van der Waals surface area contributed by atoms with Gasteiger partial charge in [0.05, 0.1) is 18.4 Å². The summed E-state index contributed by atoms with van der Waals surface area (Å²) in [6.45, 7) is 0.632. The fourth-order valence-corrected chi connectivity index (χ4v) is 1.28. The zero-order chi connectivity index (χ0) is 10.7. The molecule has 0 aliphatic carbocycles. The molecule has 0 spiro atoms. The van der Waals surface area contributed by atoms with E-state index < -0.39 is 0 Å². The van der Waals surface area contributed by atoms with Gasteiger partial charge in [-0.05, 0) is 12.1 Å². The van der Waals surface area contributed by atoms with Gasteiger partial charge in [0, 0.05) is 18.8 Å². The van der Waals surface area contributed by atoms with Gasteiger partial charge in [-0.15, -0.1) is 5.10 Å². The van der Waals surface area contributed by atoms with Crippen LogP contribution in [0.25, 0.3) is 0 Å². The molecule has 0 fully saturated rings. The quantitative estimate of drug-likeness (QED) is 0.786. The number of aryl methyl sites for hydroxylation is 1. The molecule has 2 aromatic rings. The molecule has 0 saturated carbocycles. The smallest absolute Gasteiger partial charge is 0.117 e. The van der Waals surface area contributed by atoms with Gasteiger partial charge in [0.2, 0.25) is 0 Å². The van der Waals surface area contributed by atoms with Gasteiger partial charge in [0.1, 0.15) is 5.75 Å². The molecular formula is C10H12N4O. The Morgan fingerprint density at radius 1 is 1.47 bits per heavy atom. The van der Waals surface area contributed by atoms with Gasteiger partial charge in [-0.1, -0.05) is 11.3 Å².